The smallest absolute Gasteiger partial charge is 0.268 e. The van der Waals surface area contributed by atoms with E-state index in [9.17, 15) is 9.90 Å². The van der Waals surface area contributed by atoms with Crippen LogP contribution < -0.4 is 4.90 Å². The molecule has 1 unspecified atom stereocenters. The third-order valence-electron chi connectivity index (χ3n) is 5.20. The number of halogens is 1. The van der Waals surface area contributed by atoms with Crippen molar-refractivity contribution in [2.75, 3.05) is 18.1 Å². The van der Waals surface area contributed by atoms with E-state index in [0.29, 0.717) is 29.8 Å². The Labute approximate surface area is 168 Å². The van der Waals surface area contributed by atoms with Crippen molar-refractivity contribution in [3.05, 3.63) is 77.1 Å². The second-order valence-electron chi connectivity index (χ2n) is 7.04. The zero-order chi connectivity index (χ0) is 20.6. The van der Waals surface area contributed by atoms with Crippen molar-refractivity contribution in [1.29, 1.82) is 0 Å². The van der Waals surface area contributed by atoms with Gasteiger partial charge in [0.05, 0.1) is 11.3 Å². The molecule has 1 aliphatic rings. The number of hydrogen-bond donors (Lipinski definition) is 2. The van der Waals surface area contributed by atoms with Crippen LogP contribution in [0.4, 0.5) is 10.1 Å². The first kappa shape index (κ1) is 19.1. The molecule has 0 aliphatic carbocycles. The molecule has 3 aromatic carbocycles. The van der Waals surface area contributed by atoms with Crippen molar-refractivity contribution in [2.45, 2.75) is 18.9 Å². The number of fused-ring (bicyclic) bond motifs is 2. The molecule has 4 nitrogen and oxygen atoms in total. The van der Waals surface area contributed by atoms with Gasteiger partial charge >= 0.3 is 0 Å². The van der Waals surface area contributed by atoms with Crippen LogP contribution in [-0.4, -0.2) is 29.3 Å². The molecular weight excluding hydrogens is 369 g/mol. The second kappa shape index (κ2) is 7.32. The summed E-state index contributed by atoms with van der Waals surface area (Å²) >= 11 is 0. The number of carbonyl (C=O) groups excluding carboxylic acids is 1. The Morgan fingerprint density at radius 3 is 2.59 bits per heavy atom. The standard InChI is InChI=1S/C24H20FNO3/c1-2-11-26-21-14-16(6-5-12-27)13-20(25)22(21)24(29,23(26)28)19-10-9-17-7-3-4-8-18(17)15-19/h3-4,7-10,13-15,27,29H,2,11-12H2,1H3. The fraction of sp³-hybridized carbons (Fsp3) is 0.208. The van der Waals surface area contributed by atoms with E-state index in [1.165, 1.54) is 11.0 Å². The van der Waals surface area contributed by atoms with Gasteiger partial charge in [0.25, 0.3) is 5.91 Å². The average molecular weight is 389 g/mol. The molecule has 0 fully saturated rings. The summed E-state index contributed by atoms with van der Waals surface area (Å²) in [5.74, 6) is 3.89. The third kappa shape index (κ3) is 2.98. The van der Waals surface area contributed by atoms with Gasteiger partial charge in [0.1, 0.15) is 12.4 Å². The number of hydrogen-bond acceptors (Lipinski definition) is 3. The van der Waals surface area contributed by atoms with E-state index in [0.717, 1.165) is 10.8 Å². The number of anilines is 1. The summed E-state index contributed by atoms with van der Waals surface area (Å²) in [4.78, 5) is 14.7. The van der Waals surface area contributed by atoms with Crippen molar-refractivity contribution < 1.29 is 19.4 Å². The lowest BCUT2D eigenvalue weighted by Gasteiger charge is -2.24. The van der Waals surface area contributed by atoms with E-state index in [2.05, 4.69) is 11.8 Å². The molecule has 1 atom stereocenters. The number of nitrogens with zero attached hydrogens (tertiary/aromatic N) is 1. The summed E-state index contributed by atoms with van der Waals surface area (Å²) in [5.41, 5.74) is -1.18. The maximum atomic E-state index is 15.2. The summed E-state index contributed by atoms with van der Waals surface area (Å²) in [7, 11) is 0. The van der Waals surface area contributed by atoms with Gasteiger partial charge in [-0.05, 0) is 41.0 Å². The van der Waals surface area contributed by atoms with Gasteiger partial charge in [0, 0.05) is 12.1 Å². The van der Waals surface area contributed by atoms with Gasteiger partial charge < -0.3 is 15.1 Å². The molecule has 0 aromatic heterocycles. The summed E-state index contributed by atoms with van der Waals surface area (Å²) in [5, 5.41) is 22.3. The number of benzene rings is 3. The van der Waals surface area contributed by atoms with Crippen LogP contribution in [0, 0.1) is 17.7 Å². The molecular formula is C24H20FNO3. The van der Waals surface area contributed by atoms with Crippen molar-refractivity contribution >= 4 is 22.4 Å². The minimum absolute atomic E-state index is 0.0548. The number of aliphatic hydroxyl groups is 2. The van der Waals surface area contributed by atoms with Crippen molar-refractivity contribution in [1.82, 2.24) is 0 Å². The first-order valence-corrected chi connectivity index (χ1v) is 9.48. The van der Waals surface area contributed by atoms with E-state index in [-0.39, 0.29) is 12.2 Å². The predicted octanol–water partition coefficient (Wildman–Crippen LogP) is 3.32. The van der Waals surface area contributed by atoms with Gasteiger partial charge in [-0.3, -0.25) is 4.79 Å². The molecule has 1 heterocycles. The monoisotopic (exact) mass is 389 g/mol. The molecule has 1 amide bonds. The van der Waals surface area contributed by atoms with Gasteiger partial charge in [0.2, 0.25) is 0 Å². The summed E-state index contributed by atoms with van der Waals surface area (Å²) < 4.78 is 15.2. The molecule has 4 rings (SSSR count). The highest BCUT2D eigenvalue weighted by atomic mass is 19.1. The molecule has 146 valence electrons. The number of carbonyl (C=O) groups is 1. The molecule has 0 saturated heterocycles. The average Bonchev–Trinajstić information content (AvgIpc) is 2.95. The van der Waals surface area contributed by atoms with Crippen LogP contribution in [0.2, 0.25) is 0 Å². The number of rotatable bonds is 3. The second-order valence-corrected chi connectivity index (χ2v) is 7.04. The van der Waals surface area contributed by atoms with Crippen LogP contribution in [0.5, 0.6) is 0 Å². The van der Waals surface area contributed by atoms with E-state index in [4.69, 9.17) is 5.11 Å². The lowest BCUT2D eigenvalue weighted by Crippen LogP contribution is -2.41. The molecule has 0 saturated carbocycles. The molecule has 5 heteroatoms. The maximum absolute atomic E-state index is 15.2. The van der Waals surface area contributed by atoms with Crippen molar-refractivity contribution in [3.63, 3.8) is 0 Å². The first-order valence-electron chi connectivity index (χ1n) is 9.48. The predicted molar refractivity (Wildman–Crippen MR) is 110 cm³/mol. The van der Waals surface area contributed by atoms with Crippen LogP contribution >= 0.6 is 0 Å². The molecule has 0 radical (unpaired) electrons. The van der Waals surface area contributed by atoms with Crippen LogP contribution in [0.15, 0.2) is 54.6 Å². The van der Waals surface area contributed by atoms with Gasteiger partial charge in [-0.25, -0.2) is 4.39 Å². The molecule has 29 heavy (non-hydrogen) atoms. The van der Waals surface area contributed by atoms with E-state index >= 15 is 4.39 Å². The first-order chi connectivity index (χ1) is 14.0. The zero-order valence-corrected chi connectivity index (χ0v) is 15.9. The third-order valence-corrected chi connectivity index (χ3v) is 5.20. The minimum atomic E-state index is -2.11. The lowest BCUT2D eigenvalue weighted by atomic mass is 9.85. The largest absolute Gasteiger partial charge is 0.384 e. The van der Waals surface area contributed by atoms with Gasteiger partial charge in [-0.1, -0.05) is 55.2 Å². The number of aliphatic hydroxyl groups excluding tert-OH is 1. The van der Waals surface area contributed by atoms with Crippen LogP contribution in [0.1, 0.15) is 30.0 Å². The van der Waals surface area contributed by atoms with Crippen LogP contribution in [-0.2, 0) is 10.4 Å². The van der Waals surface area contributed by atoms with Crippen molar-refractivity contribution in [2.24, 2.45) is 0 Å². The Bertz CT molecular complexity index is 1180. The minimum Gasteiger partial charge on any atom is -0.384 e. The highest BCUT2D eigenvalue weighted by molar-refractivity contribution is 6.09. The number of amides is 1. The molecule has 3 aromatic rings. The van der Waals surface area contributed by atoms with E-state index in [1.54, 1.807) is 18.2 Å². The normalized spacial score (nSPS) is 17.9. The van der Waals surface area contributed by atoms with E-state index < -0.39 is 17.3 Å². The van der Waals surface area contributed by atoms with Crippen LogP contribution in [0.3, 0.4) is 0 Å². The Kier molecular flexibility index (Phi) is 4.83. The van der Waals surface area contributed by atoms with Crippen LogP contribution in [0.25, 0.3) is 10.8 Å². The SMILES string of the molecule is CCCN1C(=O)C(O)(c2ccc3ccccc3c2)c2c(F)cc(C#CCO)cc21. The highest BCUT2D eigenvalue weighted by Gasteiger charge is 2.52. The molecule has 1 aliphatic heterocycles. The van der Waals surface area contributed by atoms with E-state index in [1.807, 2.05) is 37.3 Å². The summed E-state index contributed by atoms with van der Waals surface area (Å²) in [6.07, 6.45) is 0.646. The van der Waals surface area contributed by atoms with Gasteiger partial charge in [-0.15, -0.1) is 0 Å². The molecule has 2 N–H and O–H groups in total. The maximum Gasteiger partial charge on any atom is 0.268 e. The summed E-state index contributed by atoms with van der Waals surface area (Å²) in [6.45, 7) is 1.90. The van der Waals surface area contributed by atoms with Gasteiger partial charge in [-0.2, -0.15) is 0 Å². The quantitative estimate of drug-likeness (QED) is 0.676. The Balaban J connectivity index is 1.95. The Hall–Kier alpha value is -3.20. The highest BCUT2D eigenvalue weighted by Crippen LogP contribution is 2.46. The topological polar surface area (TPSA) is 60.8 Å². The van der Waals surface area contributed by atoms with Crippen molar-refractivity contribution in [3.8, 4) is 11.8 Å². The lowest BCUT2D eigenvalue weighted by molar-refractivity contribution is -0.132. The fourth-order valence-electron chi connectivity index (χ4n) is 3.92. The summed E-state index contributed by atoms with van der Waals surface area (Å²) in [6, 6.07) is 15.6. The molecule has 0 spiro atoms. The zero-order valence-electron chi connectivity index (χ0n) is 15.9. The Morgan fingerprint density at radius 2 is 1.86 bits per heavy atom. The molecule has 0 bridgehead atoms. The van der Waals surface area contributed by atoms with Gasteiger partial charge in [0.15, 0.2) is 5.60 Å². The fourth-order valence-corrected chi connectivity index (χ4v) is 3.92. The Morgan fingerprint density at radius 1 is 1.10 bits per heavy atom.